The highest BCUT2D eigenvalue weighted by Crippen LogP contribution is 2.19. The maximum absolute atomic E-state index is 14.2. The number of nitrogens with zero attached hydrogens (tertiary/aromatic N) is 2. The van der Waals surface area contributed by atoms with Gasteiger partial charge in [0.05, 0.1) is 5.69 Å². The van der Waals surface area contributed by atoms with Gasteiger partial charge in [-0.3, -0.25) is 0 Å². The van der Waals surface area contributed by atoms with Crippen molar-refractivity contribution in [2.45, 2.75) is 32.9 Å². The molecule has 20 heavy (non-hydrogen) atoms. The SMILES string of the molecule is CN(C)CCN(C)c1ccc(CNC(C)(C)C)cc1F. The lowest BCUT2D eigenvalue weighted by Crippen LogP contribution is -2.35. The highest BCUT2D eigenvalue weighted by atomic mass is 19.1. The van der Waals surface area contributed by atoms with Crippen molar-refractivity contribution in [1.82, 2.24) is 10.2 Å². The fraction of sp³-hybridized carbons (Fsp3) is 0.625. The fourth-order valence-electron chi connectivity index (χ4n) is 1.81. The molecule has 1 rings (SSSR count). The van der Waals surface area contributed by atoms with Crippen molar-refractivity contribution in [2.75, 3.05) is 39.1 Å². The van der Waals surface area contributed by atoms with Crippen molar-refractivity contribution < 1.29 is 4.39 Å². The summed E-state index contributed by atoms with van der Waals surface area (Å²) >= 11 is 0. The Morgan fingerprint density at radius 2 is 1.75 bits per heavy atom. The quantitative estimate of drug-likeness (QED) is 0.865. The van der Waals surface area contributed by atoms with Crippen LogP contribution in [0.25, 0.3) is 0 Å². The minimum atomic E-state index is -0.153. The molecule has 0 aliphatic heterocycles. The smallest absolute Gasteiger partial charge is 0.146 e. The van der Waals surface area contributed by atoms with Gasteiger partial charge in [-0.05, 0) is 52.6 Å². The van der Waals surface area contributed by atoms with Crippen molar-refractivity contribution in [2.24, 2.45) is 0 Å². The Morgan fingerprint density at radius 1 is 1.10 bits per heavy atom. The van der Waals surface area contributed by atoms with Crippen LogP contribution in [0.3, 0.4) is 0 Å². The molecule has 0 aromatic heterocycles. The molecule has 0 saturated heterocycles. The molecule has 0 atom stereocenters. The van der Waals surface area contributed by atoms with Crippen molar-refractivity contribution in [3.63, 3.8) is 0 Å². The summed E-state index contributed by atoms with van der Waals surface area (Å²) in [7, 11) is 5.96. The molecule has 0 saturated carbocycles. The summed E-state index contributed by atoms with van der Waals surface area (Å²) in [4.78, 5) is 4.05. The second kappa shape index (κ2) is 7.04. The third-order valence-electron chi connectivity index (χ3n) is 3.13. The largest absolute Gasteiger partial charge is 0.371 e. The van der Waals surface area contributed by atoms with Gasteiger partial charge in [0.25, 0.3) is 0 Å². The fourth-order valence-corrected chi connectivity index (χ4v) is 1.81. The molecule has 0 unspecified atom stereocenters. The summed E-state index contributed by atoms with van der Waals surface area (Å²) < 4.78 is 14.2. The van der Waals surface area contributed by atoms with E-state index < -0.39 is 0 Å². The zero-order valence-corrected chi connectivity index (χ0v) is 13.6. The predicted octanol–water partition coefficient (Wildman–Crippen LogP) is 2.71. The lowest BCUT2D eigenvalue weighted by molar-refractivity contribution is 0.415. The Bertz CT molecular complexity index is 424. The van der Waals surface area contributed by atoms with Crippen molar-refractivity contribution in [3.05, 3.63) is 29.6 Å². The summed E-state index contributed by atoms with van der Waals surface area (Å²) in [5.41, 5.74) is 1.67. The molecule has 0 spiro atoms. The summed E-state index contributed by atoms with van der Waals surface area (Å²) in [5.74, 6) is -0.153. The van der Waals surface area contributed by atoms with Gasteiger partial charge in [0, 0.05) is 32.2 Å². The predicted molar refractivity (Wildman–Crippen MR) is 84.8 cm³/mol. The number of nitrogens with one attached hydrogen (secondary N) is 1. The van der Waals surface area contributed by atoms with Crippen LogP contribution in [0.4, 0.5) is 10.1 Å². The number of hydrogen-bond donors (Lipinski definition) is 1. The van der Waals surface area contributed by atoms with Gasteiger partial charge in [0.15, 0.2) is 0 Å². The van der Waals surface area contributed by atoms with Gasteiger partial charge in [-0.1, -0.05) is 6.07 Å². The van der Waals surface area contributed by atoms with Crippen LogP contribution in [0.15, 0.2) is 18.2 Å². The van der Waals surface area contributed by atoms with E-state index in [1.807, 2.05) is 38.2 Å². The Labute approximate surface area is 122 Å². The average molecular weight is 281 g/mol. The number of rotatable bonds is 6. The van der Waals surface area contributed by atoms with E-state index in [4.69, 9.17) is 0 Å². The van der Waals surface area contributed by atoms with Crippen LogP contribution in [-0.4, -0.2) is 44.7 Å². The molecular weight excluding hydrogens is 253 g/mol. The molecule has 4 heteroatoms. The lowest BCUT2D eigenvalue weighted by Gasteiger charge is -2.23. The third-order valence-corrected chi connectivity index (χ3v) is 3.13. The van der Waals surface area contributed by atoms with Crippen LogP contribution >= 0.6 is 0 Å². The third kappa shape index (κ3) is 5.88. The first kappa shape index (κ1) is 16.9. The van der Waals surface area contributed by atoms with Crippen molar-refractivity contribution >= 4 is 5.69 Å². The van der Waals surface area contributed by atoms with Crippen LogP contribution in [0.1, 0.15) is 26.3 Å². The molecule has 0 fully saturated rings. The van der Waals surface area contributed by atoms with E-state index in [1.165, 1.54) is 0 Å². The molecule has 0 heterocycles. The number of anilines is 1. The van der Waals surface area contributed by atoms with Gasteiger partial charge in [-0.2, -0.15) is 0 Å². The molecule has 0 amide bonds. The molecule has 114 valence electrons. The summed E-state index contributed by atoms with van der Waals surface area (Å²) in [6.45, 7) is 8.71. The molecule has 0 aliphatic rings. The first-order valence-electron chi connectivity index (χ1n) is 7.08. The van der Waals surface area contributed by atoms with Crippen molar-refractivity contribution in [3.8, 4) is 0 Å². The molecular formula is C16H28FN3. The monoisotopic (exact) mass is 281 g/mol. The van der Waals surface area contributed by atoms with E-state index in [2.05, 4.69) is 31.0 Å². The maximum atomic E-state index is 14.2. The normalized spacial score (nSPS) is 12.0. The lowest BCUT2D eigenvalue weighted by atomic mass is 10.1. The van der Waals surface area contributed by atoms with Gasteiger partial charge in [-0.25, -0.2) is 4.39 Å². The van der Waals surface area contributed by atoms with E-state index in [9.17, 15) is 4.39 Å². The van der Waals surface area contributed by atoms with Gasteiger partial charge in [0.1, 0.15) is 5.82 Å². The van der Waals surface area contributed by atoms with E-state index >= 15 is 0 Å². The van der Waals surface area contributed by atoms with Crippen molar-refractivity contribution in [1.29, 1.82) is 0 Å². The molecule has 0 radical (unpaired) electrons. The van der Waals surface area contributed by atoms with Gasteiger partial charge in [0.2, 0.25) is 0 Å². The molecule has 3 nitrogen and oxygen atoms in total. The molecule has 0 bridgehead atoms. The topological polar surface area (TPSA) is 18.5 Å². The number of likely N-dealkylation sites (N-methyl/N-ethyl adjacent to an activating group) is 2. The first-order chi connectivity index (χ1) is 9.19. The second-order valence-corrected chi connectivity index (χ2v) is 6.61. The highest BCUT2D eigenvalue weighted by molar-refractivity contribution is 5.48. The van der Waals surface area contributed by atoms with E-state index in [0.717, 1.165) is 18.7 Å². The van der Waals surface area contributed by atoms with E-state index in [0.29, 0.717) is 12.2 Å². The first-order valence-corrected chi connectivity index (χ1v) is 7.08. The van der Waals surface area contributed by atoms with Gasteiger partial charge < -0.3 is 15.1 Å². The zero-order chi connectivity index (χ0) is 15.3. The molecule has 0 aliphatic carbocycles. The number of hydrogen-bond acceptors (Lipinski definition) is 3. The Hall–Kier alpha value is -1.13. The van der Waals surface area contributed by atoms with E-state index in [-0.39, 0.29) is 11.4 Å². The zero-order valence-electron chi connectivity index (χ0n) is 13.6. The number of benzene rings is 1. The summed E-state index contributed by atoms with van der Waals surface area (Å²) in [6, 6.07) is 5.48. The van der Waals surface area contributed by atoms with Crippen LogP contribution < -0.4 is 10.2 Å². The van der Waals surface area contributed by atoms with Gasteiger partial charge in [-0.15, -0.1) is 0 Å². The minimum absolute atomic E-state index is 0.0393. The molecule has 1 N–H and O–H groups in total. The van der Waals surface area contributed by atoms with Crippen LogP contribution in [-0.2, 0) is 6.54 Å². The standard InChI is InChI=1S/C16H28FN3/c1-16(2,3)18-12-13-7-8-15(14(17)11-13)20(6)10-9-19(4)5/h7-8,11,18H,9-10,12H2,1-6H3. The van der Waals surface area contributed by atoms with Crippen LogP contribution in [0, 0.1) is 5.82 Å². The second-order valence-electron chi connectivity index (χ2n) is 6.61. The van der Waals surface area contributed by atoms with Gasteiger partial charge >= 0.3 is 0 Å². The molecule has 1 aromatic carbocycles. The summed E-state index contributed by atoms with van der Waals surface area (Å²) in [6.07, 6.45) is 0. The summed E-state index contributed by atoms with van der Waals surface area (Å²) in [5, 5.41) is 3.37. The average Bonchev–Trinajstić information content (AvgIpc) is 2.32. The minimum Gasteiger partial charge on any atom is -0.371 e. The molecule has 1 aromatic rings. The Balaban J connectivity index is 2.67. The maximum Gasteiger partial charge on any atom is 0.146 e. The Morgan fingerprint density at radius 3 is 2.25 bits per heavy atom. The van der Waals surface area contributed by atoms with Crippen LogP contribution in [0.2, 0.25) is 0 Å². The highest BCUT2D eigenvalue weighted by Gasteiger charge is 2.11. The van der Waals surface area contributed by atoms with E-state index in [1.54, 1.807) is 6.07 Å². The number of halogens is 1. The Kier molecular flexibility index (Phi) is 5.96. The van der Waals surface area contributed by atoms with Crippen LogP contribution in [0.5, 0.6) is 0 Å².